The van der Waals surface area contributed by atoms with Gasteiger partial charge in [-0.3, -0.25) is 13.9 Å². The van der Waals surface area contributed by atoms with Crippen molar-refractivity contribution < 1.29 is 56.9 Å². The summed E-state index contributed by atoms with van der Waals surface area (Å²) in [4.78, 5) is 24.3. The first-order valence-corrected chi connectivity index (χ1v) is 14.8. The molecule has 0 bridgehead atoms. The summed E-state index contributed by atoms with van der Waals surface area (Å²) in [5.41, 5.74) is 0. The molecule has 0 aromatic carbocycles. The number of rotatable bonds is 15. The Hall–Kier alpha value is -1.46. The maximum Gasteiger partial charge on any atom is 0.377 e. The summed E-state index contributed by atoms with van der Waals surface area (Å²) in [6.07, 6.45) is -6.44. The number of hydrogen-bond acceptors (Lipinski definition) is 12. The molecular weight excluding hydrogens is 520 g/mol. The number of carbonyl (C=O) groups excluding carboxylic acids is 2. The summed E-state index contributed by atoms with van der Waals surface area (Å²) < 4.78 is 55.1. The third-order valence-corrected chi connectivity index (χ3v) is 10.7. The third-order valence-electron chi connectivity index (χ3n) is 4.33. The molecule has 0 aromatic rings. The number of aliphatic hydroxyl groups is 3. The van der Waals surface area contributed by atoms with E-state index >= 15 is 0 Å². The smallest absolute Gasteiger partial charge is 0.377 e. The van der Waals surface area contributed by atoms with E-state index in [-0.39, 0.29) is 0 Å². The molecule has 15 heteroatoms. The monoisotopic (exact) mass is 559 g/mol. The summed E-state index contributed by atoms with van der Waals surface area (Å²) in [6, 6.07) is 0. The molecule has 1 amide bonds. The molecule has 1 heterocycles. The SMILES string of the molecule is CC(C)OP(=O)(OC(C)C)C(CC(=O)NC[C@H](O)[C@H]1OC(=O)C(O)=C1O)P(=O)(OC(C)C)OC(C)C. The van der Waals surface area contributed by atoms with Gasteiger partial charge in [-0.1, -0.05) is 0 Å². The minimum atomic E-state index is -4.31. The molecule has 36 heavy (non-hydrogen) atoms. The van der Waals surface area contributed by atoms with E-state index in [0.29, 0.717) is 0 Å². The quantitative estimate of drug-likeness (QED) is 0.169. The van der Waals surface area contributed by atoms with Crippen LogP contribution in [-0.2, 0) is 41.6 Å². The molecule has 1 rings (SSSR count). The molecule has 0 unspecified atom stereocenters. The number of hydrogen-bond donors (Lipinski definition) is 4. The van der Waals surface area contributed by atoms with Crippen molar-refractivity contribution in [1.82, 2.24) is 5.32 Å². The average Bonchev–Trinajstić information content (AvgIpc) is 2.94. The van der Waals surface area contributed by atoms with E-state index in [9.17, 15) is 34.0 Å². The maximum atomic E-state index is 14.0. The molecule has 210 valence electrons. The van der Waals surface area contributed by atoms with E-state index in [1.807, 2.05) is 0 Å². The van der Waals surface area contributed by atoms with Crippen molar-refractivity contribution in [1.29, 1.82) is 0 Å². The molecule has 1 aliphatic rings. The molecule has 0 saturated heterocycles. The van der Waals surface area contributed by atoms with Gasteiger partial charge in [0.15, 0.2) is 17.3 Å². The molecule has 0 fully saturated rings. The number of ether oxygens (including phenoxy) is 1. The van der Waals surface area contributed by atoms with Gasteiger partial charge in [0.25, 0.3) is 0 Å². The standard InChI is InChI=1S/C21H39NO12P2/c1-11(2)31-35(28,32-12(3)4)17(36(29,33-13(5)6)34-14(7)8)9-16(24)22-10-15(23)20-18(25)19(26)21(27)30-20/h11-15,17,20,23,25-26H,9-10H2,1-8H3,(H,22,24)/t15-,20+/m0/s1. The molecule has 0 aromatic heterocycles. The molecule has 0 aliphatic carbocycles. The van der Waals surface area contributed by atoms with Gasteiger partial charge in [0.2, 0.25) is 11.7 Å². The molecule has 1 aliphatic heterocycles. The second-order valence-corrected chi connectivity index (χ2v) is 14.0. The second-order valence-electron chi connectivity index (χ2n) is 9.31. The summed E-state index contributed by atoms with van der Waals surface area (Å²) in [7, 11) is -8.62. The van der Waals surface area contributed by atoms with E-state index in [1.165, 1.54) is 0 Å². The Kier molecular flexibility index (Phi) is 12.1. The second kappa shape index (κ2) is 13.4. The lowest BCUT2D eigenvalue weighted by Gasteiger charge is -2.35. The molecule has 0 saturated carbocycles. The van der Waals surface area contributed by atoms with Crippen molar-refractivity contribution in [3.8, 4) is 0 Å². The number of carbonyl (C=O) groups is 2. The van der Waals surface area contributed by atoms with Crippen LogP contribution in [0.3, 0.4) is 0 Å². The van der Waals surface area contributed by atoms with Crippen molar-refractivity contribution in [2.75, 3.05) is 6.54 Å². The highest BCUT2D eigenvalue weighted by atomic mass is 31.2. The minimum absolute atomic E-state index is 0.540. The van der Waals surface area contributed by atoms with E-state index in [0.717, 1.165) is 0 Å². The molecule has 4 N–H and O–H groups in total. The highest BCUT2D eigenvalue weighted by Crippen LogP contribution is 2.72. The lowest BCUT2D eigenvalue weighted by atomic mass is 10.1. The van der Waals surface area contributed by atoms with Crippen LogP contribution in [0.15, 0.2) is 11.5 Å². The molecule has 0 radical (unpaired) electrons. The van der Waals surface area contributed by atoms with Crippen molar-refractivity contribution in [2.45, 2.75) is 104 Å². The van der Waals surface area contributed by atoms with Crippen LogP contribution in [0.4, 0.5) is 0 Å². The zero-order valence-corrected chi connectivity index (χ0v) is 23.7. The van der Waals surface area contributed by atoms with Crippen molar-refractivity contribution in [3.05, 3.63) is 11.5 Å². The Morgan fingerprint density at radius 2 is 1.28 bits per heavy atom. The Labute approximate surface area is 211 Å². The van der Waals surface area contributed by atoms with Crippen LogP contribution in [0.5, 0.6) is 0 Å². The summed E-state index contributed by atoms with van der Waals surface area (Å²) >= 11 is 0. The van der Waals surface area contributed by atoms with Gasteiger partial charge in [-0.2, -0.15) is 0 Å². The predicted molar refractivity (Wildman–Crippen MR) is 130 cm³/mol. The fourth-order valence-corrected chi connectivity index (χ4v) is 9.02. The molecular formula is C21H39NO12P2. The van der Waals surface area contributed by atoms with Crippen molar-refractivity contribution in [3.63, 3.8) is 0 Å². The first-order valence-electron chi connectivity index (χ1n) is 11.6. The average molecular weight is 559 g/mol. The van der Waals surface area contributed by atoms with Crippen molar-refractivity contribution >= 4 is 27.1 Å². The Bertz CT molecular complexity index is 835. The molecule has 13 nitrogen and oxygen atoms in total. The van der Waals surface area contributed by atoms with Gasteiger partial charge in [-0.15, -0.1) is 0 Å². The van der Waals surface area contributed by atoms with E-state index < -0.39 is 93.6 Å². The van der Waals surface area contributed by atoms with Crippen LogP contribution in [0, 0.1) is 0 Å². The van der Waals surface area contributed by atoms with E-state index in [1.54, 1.807) is 55.4 Å². The summed E-state index contributed by atoms with van der Waals surface area (Å²) in [5, 5.41) is 30.0. The Balaban J connectivity index is 3.27. The third kappa shape index (κ3) is 9.13. The van der Waals surface area contributed by atoms with Gasteiger partial charge in [0.05, 0.1) is 30.8 Å². The first kappa shape index (κ1) is 32.6. The van der Waals surface area contributed by atoms with Crippen molar-refractivity contribution in [2.24, 2.45) is 0 Å². The van der Waals surface area contributed by atoms with Gasteiger partial charge in [-0.05, 0) is 55.4 Å². The van der Waals surface area contributed by atoms with Gasteiger partial charge in [0.1, 0.15) is 6.10 Å². The number of esters is 1. The lowest BCUT2D eigenvalue weighted by molar-refractivity contribution is -0.146. The van der Waals surface area contributed by atoms with Crippen LogP contribution in [-0.4, -0.2) is 75.8 Å². The summed E-state index contributed by atoms with van der Waals surface area (Å²) in [5.74, 6) is -3.98. The van der Waals surface area contributed by atoms with Gasteiger partial charge >= 0.3 is 21.2 Å². The fourth-order valence-electron chi connectivity index (χ4n) is 3.19. The Morgan fingerprint density at radius 1 is 0.889 bits per heavy atom. The van der Waals surface area contributed by atoms with Gasteiger partial charge in [0, 0.05) is 6.54 Å². The highest BCUT2D eigenvalue weighted by Gasteiger charge is 2.54. The largest absolute Gasteiger partial charge is 0.505 e. The predicted octanol–water partition coefficient (Wildman–Crippen LogP) is 3.52. The van der Waals surface area contributed by atoms with E-state index in [4.69, 9.17) is 18.1 Å². The van der Waals surface area contributed by atoms with Crippen LogP contribution >= 0.6 is 15.2 Å². The number of cyclic esters (lactones) is 1. The van der Waals surface area contributed by atoms with Gasteiger partial charge in [-0.25, -0.2) is 4.79 Å². The minimum Gasteiger partial charge on any atom is -0.505 e. The molecule has 2 atom stereocenters. The zero-order chi connectivity index (χ0) is 28.0. The zero-order valence-electron chi connectivity index (χ0n) is 21.9. The Morgan fingerprint density at radius 3 is 1.58 bits per heavy atom. The fraction of sp³-hybridized carbons (Fsp3) is 0.810. The number of aliphatic hydroxyl groups excluding tert-OH is 3. The maximum absolute atomic E-state index is 14.0. The first-order chi connectivity index (χ1) is 16.4. The highest BCUT2D eigenvalue weighted by molar-refractivity contribution is 7.72. The normalized spacial score (nSPS) is 18.2. The molecule has 0 spiro atoms. The van der Waals surface area contributed by atoms with E-state index in [2.05, 4.69) is 10.1 Å². The van der Waals surface area contributed by atoms with Gasteiger partial charge < -0.3 is 43.5 Å². The number of nitrogens with one attached hydrogen (secondary N) is 1. The number of amides is 1. The topological polar surface area (TPSA) is 187 Å². The van der Waals surface area contributed by atoms with Crippen LogP contribution in [0.1, 0.15) is 61.8 Å². The summed E-state index contributed by atoms with van der Waals surface area (Å²) in [6.45, 7) is 12.2. The van der Waals surface area contributed by atoms with Crippen LogP contribution in [0.2, 0.25) is 0 Å². The van der Waals surface area contributed by atoms with Crippen LogP contribution in [0.25, 0.3) is 0 Å². The lowest BCUT2D eigenvalue weighted by Crippen LogP contribution is -2.41. The van der Waals surface area contributed by atoms with Crippen LogP contribution < -0.4 is 5.32 Å².